The smallest absolute Gasteiger partial charge is 0.319 e. The van der Waals surface area contributed by atoms with Gasteiger partial charge < -0.3 is 14.4 Å². The van der Waals surface area contributed by atoms with Crippen molar-refractivity contribution in [3.8, 4) is 6.01 Å². The molecule has 1 saturated heterocycles. The summed E-state index contributed by atoms with van der Waals surface area (Å²) < 4.78 is 11.4. The van der Waals surface area contributed by atoms with Crippen molar-refractivity contribution < 1.29 is 9.47 Å². The SMILES string of the molecule is COc1nc(I)cc(N2CCOC[C@@H]2C)n1. The number of morpholine rings is 1. The van der Waals surface area contributed by atoms with Crippen LogP contribution in [0.15, 0.2) is 6.07 Å². The third-order valence-corrected chi connectivity index (χ3v) is 3.06. The minimum absolute atomic E-state index is 0.337. The second-order valence-corrected chi connectivity index (χ2v) is 4.76. The van der Waals surface area contributed by atoms with Crippen LogP contribution in [-0.4, -0.2) is 42.9 Å². The highest BCUT2D eigenvalue weighted by atomic mass is 127. The van der Waals surface area contributed by atoms with Crippen molar-refractivity contribution in [2.75, 3.05) is 31.8 Å². The Bertz CT molecular complexity index is 375. The first-order valence-electron chi connectivity index (χ1n) is 5.13. The molecule has 0 spiro atoms. The number of ether oxygens (including phenoxy) is 2. The summed E-state index contributed by atoms with van der Waals surface area (Å²) in [4.78, 5) is 10.7. The van der Waals surface area contributed by atoms with Crippen LogP contribution in [0.2, 0.25) is 0 Å². The zero-order valence-electron chi connectivity index (χ0n) is 9.31. The van der Waals surface area contributed by atoms with Crippen LogP contribution < -0.4 is 9.64 Å². The molecule has 88 valence electrons. The van der Waals surface area contributed by atoms with E-state index < -0.39 is 0 Å². The highest BCUT2D eigenvalue weighted by Gasteiger charge is 2.21. The fourth-order valence-corrected chi connectivity index (χ4v) is 2.18. The Morgan fingerprint density at radius 3 is 3.06 bits per heavy atom. The molecule has 6 heteroatoms. The lowest BCUT2D eigenvalue weighted by Crippen LogP contribution is -2.44. The van der Waals surface area contributed by atoms with E-state index in [0.717, 1.165) is 29.3 Å². The molecule has 1 aliphatic heterocycles. The number of hydrogen-bond donors (Lipinski definition) is 0. The van der Waals surface area contributed by atoms with Gasteiger partial charge in [0.15, 0.2) is 0 Å². The average Bonchev–Trinajstić information content (AvgIpc) is 2.28. The Labute approximate surface area is 108 Å². The summed E-state index contributed by atoms with van der Waals surface area (Å²) in [6.45, 7) is 4.47. The first-order chi connectivity index (χ1) is 7.70. The molecule has 2 heterocycles. The Hall–Kier alpha value is -0.630. The summed E-state index contributed by atoms with van der Waals surface area (Å²) >= 11 is 2.17. The van der Waals surface area contributed by atoms with Crippen molar-refractivity contribution in [1.82, 2.24) is 9.97 Å². The maximum atomic E-state index is 5.40. The summed E-state index contributed by atoms with van der Waals surface area (Å²) in [6, 6.07) is 2.72. The van der Waals surface area contributed by atoms with Crippen molar-refractivity contribution in [3.05, 3.63) is 9.77 Å². The molecule has 16 heavy (non-hydrogen) atoms. The summed E-state index contributed by atoms with van der Waals surface area (Å²) in [6.07, 6.45) is 0. The average molecular weight is 335 g/mol. The Morgan fingerprint density at radius 2 is 2.38 bits per heavy atom. The van der Waals surface area contributed by atoms with Crippen LogP contribution in [0, 0.1) is 3.70 Å². The molecular formula is C10H14IN3O2. The van der Waals surface area contributed by atoms with Crippen molar-refractivity contribution >= 4 is 28.4 Å². The van der Waals surface area contributed by atoms with E-state index in [1.54, 1.807) is 7.11 Å². The third kappa shape index (κ3) is 2.54. The highest BCUT2D eigenvalue weighted by molar-refractivity contribution is 14.1. The van der Waals surface area contributed by atoms with E-state index in [2.05, 4.69) is 44.4 Å². The first kappa shape index (κ1) is 11.8. The second kappa shape index (κ2) is 5.13. The predicted molar refractivity (Wildman–Crippen MR) is 68.9 cm³/mol. The molecule has 0 unspecified atom stereocenters. The van der Waals surface area contributed by atoms with Gasteiger partial charge in [-0.15, -0.1) is 0 Å². The van der Waals surface area contributed by atoms with Gasteiger partial charge in [0.25, 0.3) is 0 Å². The number of nitrogens with zero attached hydrogens (tertiary/aromatic N) is 3. The second-order valence-electron chi connectivity index (χ2n) is 3.65. The van der Waals surface area contributed by atoms with E-state index in [-0.39, 0.29) is 0 Å². The van der Waals surface area contributed by atoms with E-state index in [4.69, 9.17) is 9.47 Å². The largest absolute Gasteiger partial charge is 0.467 e. The van der Waals surface area contributed by atoms with Crippen LogP contribution in [0.5, 0.6) is 6.01 Å². The molecule has 0 radical (unpaired) electrons. The normalized spacial score (nSPS) is 20.9. The standard InChI is InChI=1S/C10H14IN3O2/c1-7-6-16-4-3-14(7)9-5-8(11)12-10(13-9)15-2/h5,7H,3-4,6H2,1-2H3/t7-/m0/s1. The van der Waals surface area contributed by atoms with E-state index in [9.17, 15) is 0 Å². The molecule has 0 bridgehead atoms. The molecule has 1 atom stereocenters. The monoisotopic (exact) mass is 335 g/mol. The zero-order valence-corrected chi connectivity index (χ0v) is 11.5. The minimum atomic E-state index is 0.337. The van der Waals surface area contributed by atoms with Crippen LogP contribution in [-0.2, 0) is 4.74 Å². The summed E-state index contributed by atoms with van der Waals surface area (Å²) in [5, 5.41) is 0. The fourth-order valence-electron chi connectivity index (χ4n) is 1.69. The maximum Gasteiger partial charge on any atom is 0.319 e. The van der Waals surface area contributed by atoms with E-state index in [0.29, 0.717) is 12.1 Å². The molecule has 1 fully saturated rings. The van der Waals surface area contributed by atoms with Crippen molar-refractivity contribution in [2.45, 2.75) is 13.0 Å². The van der Waals surface area contributed by atoms with Gasteiger partial charge in [-0.2, -0.15) is 9.97 Å². The van der Waals surface area contributed by atoms with Crippen LogP contribution >= 0.6 is 22.6 Å². The van der Waals surface area contributed by atoms with Crippen molar-refractivity contribution in [1.29, 1.82) is 0 Å². The molecule has 1 aromatic rings. The molecule has 0 amide bonds. The number of aromatic nitrogens is 2. The number of halogens is 1. The summed E-state index contributed by atoms with van der Waals surface area (Å²) in [7, 11) is 1.58. The molecule has 0 saturated carbocycles. The van der Waals surface area contributed by atoms with Crippen LogP contribution in [0.4, 0.5) is 5.82 Å². The van der Waals surface area contributed by atoms with Gasteiger partial charge in [0.1, 0.15) is 9.52 Å². The molecular weight excluding hydrogens is 321 g/mol. The van der Waals surface area contributed by atoms with Gasteiger partial charge in [0, 0.05) is 12.6 Å². The van der Waals surface area contributed by atoms with Gasteiger partial charge in [-0.3, -0.25) is 0 Å². The van der Waals surface area contributed by atoms with E-state index >= 15 is 0 Å². The maximum absolute atomic E-state index is 5.40. The summed E-state index contributed by atoms with van der Waals surface area (Å²) in [5.74, 6) is 0.909. The van der Waals surface area contributed by atoms with Gasteiger partial charge in [0.2, 0.25) is 0 Å². The number of methoxy groups -OCH3 is 1. The quantitative estimate of drug-likeness (QED) is 0.603. The molecule has 1 aromatic heterocycles. The zero-order chi connectivity index (χ0) is 11.5. The number of hydrogen-bond acceptors (Lipinski definition) is 5. The van der Waals surface area contributed by atoms with Gasteiger partial charge >= 0.3 is 6.01 Å². The van der Waals surface area contributed by atoms with Crippen LogP contribution in [0.1, 0.15) is 6.92 Å². The van der Waals surface area contributed by atoms with Crippen LogP contribution in [0.25, 0.3) is 0 Å². The fraction of sp³-hybridized carbons (Fsp3) is 0.600. The summed E-state index contributed by atoms with van der Waals surface area (Å²) in [5.41, 5.74) is 0. The van der Waals surface area contributed by atoms with Crippen LogP contribution in [0.3, 0.4) is 0 Å². The van der Waals surface area contributed by atoms with Gasteiger partial charge in [-0.25, -0.2) is 0 Å². The molecule has 5 nitrogen and oxygen atoms in total. The number of anilines is 1. The lowest BCUT2D eigenvalue weighted by molar-refractivity contribution is 0.0984. The molecule has 1 aliphatic rings. The van der Waals surface area contributed by atoms with Crippen molar-refractivity contribution in [3.63, 3.8) is 0 Å². The van der Waals surface area contributed by atoms with Crippen molar-refractivity contribution in [2.24, 2.45) is 0 Å². The molecule has 2 rings (SSSR count). The molecule has 0 N–H and O–H groups in total. The first-order valence-corrected chi connectivity index (χ1v) is 6.21. The molecule has 0 aromatic carbocycles. The Morgan fingerprint density at radius 1 is 1.56 bits per heavy atom. The topological polar surface area (TPSA) is 47.5 Å². The highest BCUT2D eigenvalue weighted by Crippen LogP contribution is 2.21. The van der Waals surface area contributed by atoms with E-state index in [1.165, 1.54) is 0 Å². The van der Waals surface area contributed by atoms with Gasteiger partial charge in [-0.1, -0.05) is 0 Å². The lowest BCUT2D eigenvalue weighted by atomic mass is 10.2. The third-order valence-electron chi connectivity index (χ3n) is 2.51. The lowest BCUT2D eigenvalue weighted by Gasteiger charge is -2.34. The van der Waals surface area contributed by atoms with Gasteiger partial charge in [0.05, 0.1) is 26.4 Å². The minimum Gasteiger partial charge on any atom is -0.467 e. The van der Waals surface area contributed by atoms with Gasteiger partial charge in [-0.05, 0) is 29.5 Å². The predicted octanol–water partition coefficient (Wildman–Crippen LogP) is 1.31. The molecule has 0 aliphatic carbocycles. The number of rotatable bonds is 2. The Balaban J connectivity index is 2.27. The van der Waals surface area contributed by atoms with E-state index in [1.807, 2.05) is 6.07 Å². The Kier molecular flexibility index (Phi) is 3.80.